The van der Waals surface area contributed by atoms with Gasteiger partial charge in [0, 0.05) is 24.6 Å². The number of aliphatic hydroxyl groups is 1. The lowest BCUT2D eigenvalue weighted by Crippen LogP contribution is -2.35. The quantitative estimate of drug-likeness (QED) is 0.738. The normalized spacial score (nSPS) is 47.0. The predicted octanol–water partition coefficient (Wildman–Crippen LogP) is 1.64. The lowest BCUT2D eigenvalue weighted by atomic mass is 9.94. The van der Waals surface area contributed by atoms with Crippen molar-refractivity contribution < 1.29 is 5.11 Å². The fourth-order valence-electron chi connectivity index (χ4n) is 4.05. The first-order chi connectivity index (χ1) is 7.12. The molecule has 0 heterocycles. The summed E-state index contributed by atoms with van der Waals surface area (Å²) in [5.41, 5.74) is 0.0515. The Bertz CT molecular complexity index is 247. The third kappa shape index (κ3) is 1.53. The van der Waals surface area contributed by atoms with E-state index in [2.05, 4.69) is 19.2 Å². The number of hydrogen-bond donors (Lipinski definition) is 2. The predicted molar refractivity (Wildman–Crippen MR) is 60.5 cm³/mol. The summed E-state index contributed by atoms with van der Waals surface area (Å²) >= 11 is 0. The lowest BCUT2D eigenvalue weighted by Gasteiger charge is -2.23. The van der Waals surface area contributed by atoms with Gasteiger partial charge in [-0.1, -0.05) is 13.8 Å². The van der Waals surface area contributed by atoms with E-state index in [1.54, 1.807) is 0 Å². The molecular formula is C13H23NO. The van der Waals surface area contributed by atoms with E-state index >= 15 is 0 Å². The van der Waals surface area contributed by atoms with E-state index in [4.69, 9.17) is 0 Å². The van der Waals surface area contributed by atoms with Crippen LogP contribution in [-0.4, -0.2) is 24.3 Å². The summed E-state index contributed by atoms with van der Waals surface area (Å²) in [4.78, 5) is 0. The van der Waals surface area contributed by atoms with Gasteiger partial charge in [0.15, 0.2) is 0 Å². The molecule has 0 amide bonds. The van der Waals surface area contributed by atoms with Crippen molar-refractivity contribution in [3.63, 3.8) is 0 Å². The zero-order valence-corrected chi connectivity index (χ0v) is 9.87. The zero-order chi connectivity index (χ0) is 10.6. The maximum atomic E-state index is 9.21. The van der Waals surface area contributed by atoms with Gasteiger partial charge in [0.1, 0.15) is 0 Å². The van der Waals surface area contributed by atoms with Gasteiger partial charge in [-0.3, -0.25) is 0 Å². The monoisotopic (exact) mass is 209 g/mol. The molecule has 86 valence electrons. The van der Waals surface area contributed by atoms with Crippen LogP contribution in [0.3, 0.4) is 0 Å². The largest absolute Gasteiger partial charge is 0.396 e. The molecule has 3 saturated carbocycles. The maximum Gasteiger partial charge on any atom is 0.0494 e. The molecule has 3 aliphatic rings. The molecule has 3 aliphatic carbocycles. The second-order valence-electron chi connectivity index (χ2n) is 6.72. The standard InChI is InChI=1S/C13H23NO/c1-13(2,7-15)6-14-12-10-8-3-4-9(5-8)11(10)12/h8-12,14-15H,3-7H2,1-2H3. The molecule has 0 saturated heterocycles. The Morgan fingerprint density at radius 3 is 2.33 bits per heavy atom. The van der Waals surface area contributed by atoms with E-state index in [0.717, 1.165) is 36.3 Å². The molecule has 0 aromatic rings. The van der Waals surface area contributed by atoms with E-state index in [1.807, 2.05) is 0 Å². The van der Waals surface area contributed by atoms with Gasteiger partial charge in [-0.2, -0.15) is 0 Å². The summed E-state index contributed by atoms with van der Waals surface area (Å²) in [6.07, 6.45) is 4.51. The minimum Gasteiger partial charge on any atom is -0.396 e. The van der Waals surface area contributed by atoms with Crippen molar-refractivity contribution in [2.75, 3.05) is 13.2 Å². The van der Waals surface area contributed by atoms with Crippen LogP contribution in [0.2, 0.25) is 0 Å². The Morgan fingerprint density at radius 1 is 1.20 bits per heavy atom. The van der Waals surface area contributed by atoms with Crippen LogP contribution in [0.15, 0.2) is 0 Å². The molecule has 0 aliphatic heterocycles. The fourth-order valence-corrected chi connectivity index (χ4v) is 4.05. The van der Waals surface area contributed by atoms with Gasteiger partial charge in [-0.15, -0.1) is 0 Å². The number of nitrogens with one attached hydrogen (secondary N) is 1. The molecule has 4 unspecified atom stereocenters. The summed E-state index contributed by atoms with van der Waals surface area (Å²) in [6, 6.07) is 0.807. The molecule has 2 nitrogen and oxygen atoms in total. The Kier molecular flexibility index (Phi) is 2.16. The summed E-state index contributed by atoms with van der Waals surface area (Å²) in [6.45, 7) is 5.52. The van der Waals surface area contributed by atoms with Crippen LogP contribution in [0.5, 0.6) is 0 Å². The molecule has 4 atom stereocenters. The molecular weight excluding hydrogens is 186 g/mol. The smallest absolute Gasteiger partial charge is 0.0494 e. The van der Waals surface area contributed by atoms with Gasteiger partial charge < -0.3 is 10.4 Å². The zero-order valence-electron chi connectivity index (χ0n) is 9.87. The highest BCUT2D eigenvalue weighted by Crippen LogP contribution is 2.65. The lowest BCUT2D eigenvalue weighted by molar-refractivity contribution is 0.155. The third-order valence-electron chi connectivity index (χ3n) is 4.98. The third-order valence-corrected chi connectivity index (χ3v) is 4.98. The summed E-state index contributed by atoms with van der Waals surface area (Å²) in [5.74, 6) is 4.13. The molecule has 0 spiro atoms. The van der Waals surface area contributed by atoms with Crippen molar-refractivity contribution in [1.29, 1.82) is 0 Å². The number of aliphatic hydroxyl groups excluding tert-OH is 1. The van der Waals surface area contributed by atoms with Crippen LogP contribution in [0.4, 0.5) is 0 Å². The van der Waals surface area contributed by atoms with Crippen molar-refractivity contribution in [2.24, 2.45) is 29.1 Å². The SMILES string of the molecule is CC(C)(CO)CNC1C2C3CCC(C3)C12. The second-order valence-corrected chi connectivity index (χ2v) is 6.72. The molecule has 0 aromatic heterocycles. The molecule has 3 fully saturated rings. The fraction of sp³-hybridized carbons (Fsp3) is 1.00. The van der Waals surface area contributed by atoms with Crippen molar-refractivity contribution >= 4 is 0 Å². The molecule has 2 N–H and O–H groups in total. The summed E-state index contributed by atoms with van der Waals surface area (Å²) in [5, 5.41) is 12.9. The van der Waals surface area contributed by atoms with Crippen LogP contribution >= 0.6 is 0 Å². The van der Waals surface area contributed by atoms with Crippen LogP contribution in [0.1, 0.15) is 33.1 Å². The van der Waals surface area contributed by atoms with Crippen LogP contribution in [-0.2, 0) is 0 Å². The van der Waals surface area contributed by atoms with Gasteiger partial charge in [0.2, 0.25) is 0 Å². The molecule has 2 heteroatoms. The van der Waals surface area contributed by atoms with Crippen LogP contribution in [0.25, 0.3) is 0 Å². The van der Waals surface area contributed by atoms with Gasteiger partial charge >= 0.3 is 0 Å². The highest BCUT2D eigenvalue weighted by Gasteiger charge is 2.64. The number of fused-ring (bicyclic) bond motifs is 5. The second kappa shape index (κ2) is 3.21. The first-order valence-corrected chi connectivity index (χ1v) is 6.47. The summed E-state index contributed by atoms with van der Waals surface area (Å²) in [7, 11) is 0. The molecule has 0 radical (unpaired) electrons. The van der Waals surface area contributed by atoms with Gasteiger partial charge in [0.05, 0.1) is 0 Å². The molecule has 15 heavy (non-hydrogen) atoms. The van der Waals surface area contributed by atoms with Crippen molar-refractivity contribution in [3.05, 3.63) is 0 Å². The summed E-state index contributed by atoms with van der Waals surface area (Å²) < 4.78 is 0. The van der Waals surface area contributed by atoms with Crippen molar-refractivity contribution in [2.45, 2.75) is 39.2 Å². The number of hydrogen-bond acceptors (Lipinski definition) is 2. The average molecular weight is 209 g/mol. The van der Waals surface area contributed by atoms with Crippen molar-refractivity contribution in [1.82, 2.24) is 5.32 Å². The average Bonchev–Trinajstić information content (AvgIpc) is 2.62. The van der Waals surface area contributed by atoms with Crippen LogP contribution < -0.4 is 5.32 Å². The first-order valence-electron chi connectivity index (χ1n) is 6.47. The van der Waals surface area contributed by atoms with Gasteiger partial charge in [-0.05, 0) is 42.9 Å². The number of rotatable bonds is 4. The van der Waals surface area contributed by atoms with Gasteiger partial charge in [-0.25, -0.2) is 0 Å². The van der Waals surface area contributed by atoms with E-state index in [-0.39, 0.29) is 12.0 Å². The minimum absolute atomic E-state index is 0.0515. The Labute approximate surface area is 92.4 Å². The van der Waals surface area contributed by atoms with E-state index < -0.39 is 0 Å². The van der Waals surface area contributed by atoms with Gasteiger partial charge in [0.25, 0.3) is 0 Å². The van der Waals surface area contributed by atoms with E-state index in [1.165, 1.54) is 19.3 Å². The van der Waals surface area contributed by atoms with Crippen molar-refractivity contribution in [3.8, 4) is 0 Å². The maximum absolute atomic E-state index is 9.21. The highest BCUT2D eigenvalue weighted by molar-refractivity contribution is 5.16. The van der Waals surface area contributed by atoms with E-state index in [0.29, 0.717) is 0 Å². The topological polar surface area (TPSA) is 32.3 Å². The highest BCUT2D eigenvalue weighted by atomic mass is 16.3. The Balaban J connectivity index is 1.52. The molecule has 2 bridgehead atoms. The van der Waals surface area contributed by atoms with Crippen LogP contribution in [0, 0.1) is 29.1 Å². The Hall–Kier alpha value is -0.0800. The molecule has 0 aromatic carbocycles. The Morgan fingerprint density at radius 2 is 1.80 bits per heavy atom. The minimum atomic E-state index is 0.0515. The van der Waals surface area contributed by atoms with E-state index in [9.17, 15) is 5.11 Å². The first kappa shape index (κ1) is 10.1. The molecule has 3 rings (SSSR count).